The Balaban J connectivity index is 1.92. The fourth-order valence-electron chi connectivity index (χ4n) is 1.95. The Kier molecular flexibility index (Phi) is 5.80. The monoisotopic (exact) mass is 300 g/mol. The van der Waals surface area contributed by atoms with E-state index in [1.54, 1.807) is 0 Å². The fourth-order valence-corrected chi connectivity index (χ4v) is 1.95. The predicted molar refractivity (Wildman–Crippen MR) is 85.0 cm³/mol. The van der Waals surface area contributed by atoms with Crippen molar-refractivity contribution in [3.63, 3.8) is 0 Å². The lowest BCUT2D eigenvalue weighted by molar-refractivity contribution is 0.231. The maximum Gasteiger partial charge on any atom is 0.315 e. The van der Waals surface area contributed by atoms with E-state index in [4.69, 9.17) is 9.84 Å². The van der Waals surface area contributed by atoms with Crippen molar-refractivity contribution in [2.45, 2.75) is 13.0 Å². The number of para-hydroxylation sites is 1. The summed E-state index contributed by atoms with van der Waals surface area (Å²) in [5.74, 6) is 1.52. The van der Waals surface area contributed by atoms with Crippen molar-refractivity contribution in [1.29, 1.82) is 0 Å². The number of carbonyl (C=O) groups is 1. The van der Waals surface area contributed by atoms with E-state index in [0.29, 0.717) is 0 Å². The van der Waals surface area contributed by atoms with Crippen LogP contribution in [-0.4, -0.2) is 24.3 Å². The fraction of sp³-hybridized carbons (Fsp3) is 0.235. The van der Waals surface area contributed by atoms with Crippen molar-refractivity contribution < 1.29 is 14.6 Å². The molecule has 0 fully saturated rings. The van der Waals surface area contributed by atoms with Gasteiger partial charge in [-0.1, -0.05) is 30.3 Å². The van der Waals surface area contributed by atoms with Crippen molar-refractivity contribution in [3.8, 4) is 11.5 Å². The second-order valence-electron chi connectivity index (χ2n) is 4.83. The third kappa shape index (κ3) is 4.79. The minimum absolute atomic E-state index is 0.0761. The average Bonchev–Trinajstić information content (AvgIpc) is 2.54. The molecule has 0 saturated carbocycles. The summed E-state index contributed by atoms with van der Waals surface area (Å²) in [6, 6.07) is 16.7. The SMILES string of the molecule is CC(NC(=O)NCCO)c1ccc(Oc2ccccc2)cc1. The van der Waals surface area contributed by atoms with Gasteiger partial charge in [0.2, 0.25) is 0 Å². The van der Waals surface area contributed by atoms with Crippen molar-refractivity contribution in [1.82, 2.24) is 10.6 Å². The number of aliphatic hydroxyl groups excluding tert-OH is 1. The number of hydrogen-bond acceptors (Lipinski definition) is 3. The van der Waals surface area contributed by atoms with Crippen molar-refractivity contribution in [2.75, 3.05) is 13.2 Å². The summed E-state index contributed by atoms with van der Waals surface area (Å²) >= 11 is 0. The molecule has 0 aromatic heterocycles. The van der Waals surface area contributed by atoms with Gasteiger partial charge in [0.25, 0.3) is 0 Å². The molecule has 1 unspecified atom stereocenters. The van der Waals surface area contributed by atoms with Crippen LogP contribution in [-0.2, 0) is 0 Å². The molecule has 2 amide bonds. The second kappa shape index (κ2) is 8.05. The highest BCUT2D eigenvalue weighted by molar-refractivity contribution is 5.74. The van der Waals surface area contributed by atoms with E-state index in [1.807, 2.05) is 61.5 Å². The Morgan fingerprint density at radius 1 is 1.09 bits per heavy atom. The third-order valence-corrected chi connectivity index (χ3v) is 3.10. The molecule has 0 aliphatic heterocycles. The van der Waals surface area contributed by atoms with Gasteiger partial charge in [0.1, 0.15) is 11.5 Å². The molecule has 5 nitrogen and oxygen atoms in total. The average molecular weight is 300 g/mol. The van der Waals surface area contributed by atoms with E-state index in [0.717, 1.165) is 17.1 Å². The summed E-state index contributed by atoms with van der Waals surface area (Å²) in [5.41, 5.74) is 0.972. The van der Waals surface area contributed by atoms with E-state index in [2.05, 4.69) is 10.6 Å². The highest BCUT2D eigenvalue weighted by Crippen LogP contribution is 2.23. The summed E-state index contributed by atoms with van der Waals surface area (Å²) in [4.78, 5) is 11.5. The number of amides is 2. The summed E-state index contributed by atoms with van der Waals surface area (Å²) < 4.78 is 5.72. The van der Waals surface area contributed by atoms with Gasteiger partial charge in [0, 0.05) is 6.54 Å². The predicted octanol–water partition coefficient (Wildman–Crippen LogP) is 2.83. The van der Waals surface area contributed by atoms with Crippen LogP contribution in [0.3, 0.4) is 0 Å². The van der Waals surface area contributed by atoms with E-state index in [9.17, 15) is 4.79 Å². The van der Waals surface area contributed by atoms with Crippen molar-refractivity contribution in [2.24, 2.45) is 0 Å². The summed E-state index contributed by atoms with van der Waals surface area (Å²) in [7, 11) is 0. The van der Waals surface area contributed by atoms with Crippen molar-refractivity contribution >= 4 is 6.03 Å². The summed E-state index contributed by atoms with van der Waals surface area (Å²) in [6.07, 6.45) is 0. The van der Waals surface area contributed by atoms with Gasteiger partial charge in [-0.2, -0.15) is 0 Å². The lowest BCUT2D eigenvalue weighted by Gasteiger charge is -2.15. The first-order chi connectivity index (χ1) is 10.7. The first kappa shape index (κ1) is 15.9. The van der Waals surface area contributed by atoms with Gasteiger partial charge in [-0.25, -0.2) is 4.79 Å². The molecule has 2 rings (SSSR count). The smallest absolute Gasteiger partial charge is 0.315 e. The Morgan fingerprint density at radius 3 is 2.36 bits per heavy atom. The zero-order valence-electron chi connectivity index (χ0n) is 12.5. The lowest BCUT2D eigenvalue weighted by Crippen LogP contribution is -2.38. The molecule has 0 spiro atoms. The van der Waals surface area contributed by atoms with E-state index in [1.165, 1.54) is 0 Å². The Bertz CT molecular complexity index is 585. The maximum absolute atomic E-state index is 11.5. The molecule has 3 N–H and O–H groups in total. The van der Waals surface area contributed by atoms with Gasteiger partial charge in [-0.15, -0.1) is 0 Å². The third-order valence-electron chi connectivity index (χ3n) is 3.10. The van der Waals surface area contributed by atoms with Crippen LogP contribution in [0, 0.1) is 0 Å². The van der Waals surface area contributed by atoms with Crippen LogP contribution < -0.4 is 15.4 Å². The number of aliphatic hydroxyl groups is 1. The minimum atomic E-state index is -0.300. The second-order valence-corrected chi connectivity index (χ2v) is 4.83. The van der Waals surface area contributed by atoms with Crippen molar-refractivity contribution in [3.05, 3.63) is 60.2 Å². The molecule has 0 saturated heterocycles. The van der Waals surface area contributed by atoms with Crippen LogP contribution in [0.1, 0.15) is 18.5 Å². The number of ether oxygens (including phenoxy) is 1. The zero-order valence-corrected chi connectivity index (χ0v) is 12.5. The number of rotatable bonds is 6. The normalized spacial score (nSPS) is 11.5. The summed E-state index contributed by atoms with van der Waals surface area (Å²) in [5, 5.41) is 14.0. The molecule has 2 aromatic rings. The molecule has 0 bridgehead atoms. The molecule has 0 aliphatic rings. The van der Waals surface area contributed by atoms with Gasteiger partial charge in [0.15, 0.2) is 0 Å². The molecule has 0 aliphatic carbocycles. The molecule has 1 atom stereocenters. The number of benzene rings is 2. The van der Waals surface area contributed by atoms with Gasteiger partial charge in [0.05, 0.1) is 12.6 Å². The van der Waals surface area contributed by atoms with Crippen LogP contribution in [0.2, 0.25) is 0 Å². The van der Waals surface area contributed by atoms with E-state index < -0.39 is 0 Å². The molecule has 5 heteroatoms. The maximum atomic E-state index is 11.5. The van der Waals surface area contributed by atoms with Gasteiger partial charge in [-0.05, 0) is 36.8 Å². The van der Waals surface area contributed by atoms with Crippen LogP contribution >= 0.6 is 0 Å². The highest BCUT2D eigenvalue weighted by atomic mass is 16.5. The first-order valence-electron chi connectivity index (χ1n) is 7.17. The molecular weight excluding hydrogens is 280 g/mol. The van der Waals surface area contributed by atoms with Gasteiger partial charge < -0.3 is 20.5 Å². The number of urea groups is 1. The molecule has 0 radical (unpaired) electrons. The first-order valence-corrected chi connectivity index (χ1v) is 7.17. The molecule has 22 heavy (non-hydrogen) atoms. The molecule has 0 heterocycles. The highest BCUT2D eigenvalue weighted by Gasteiger charge is 2.09. The quantitative estimate of drug-likeness (QED) is 0.768. The molecule has 116 valence electrons. The Hall–Kier alpha value is -2.53. The Labute approximate surface area is 129 Å². The number of nitrogens with one attached hydrogen (secondary N) is 2. The zero-order chi connectivity index (χ0) is 15.8. The van der Waals surface area contributed by atoms with E-state index in [-0.39, 0.29) is 25.2 Å². The summed E-state index contributed by atoms with van der Waals surface area (Å²) in [6.45, 7) is 2.06. The topological polar surface area (TPSA) is 70.6 Å². The lowest BCUT2D eigenvalue weighted by atomic mass is 10.1. The van der Waals surface area contributed by atoms with Crippen LogP contribution in [0.4, 0.5) is 4.79 Å². The Morgan fingerprint density at radius 2 is 1.73 bits per heavy atom. The van der Waals surface area contributed by atoms with Crippen LogP contribution in [0.25, 0.3) is 0 Å². The molecular formula is C17H20N2O3. The van der Waals surface area contributed by atoms with Crippen LogP contribution in [0.5, 0.6) is 11.5 Å². The molecule has 2 aromatic carbocycles. The number of carbonyl (C=O) groups excluding carboxylic acids is 1. The van der Waals surface area contributed by atoms with Crippen LogP contribution in [0.15, 0.2) is 54.6 Å². The minimum Gasteiger partial charge on any atom is -0.457 e. The standard InChI is InChI=1S/C17H20N2O3/c1-13(19-17(21)18-11-12-20)14-7-9-16(10-8-14)22-15-5-3-2-4-6-15/h2-10,13,20H,11-12H2,1H3,(H2,18,19,21). The number of hydrogen-bond donors (Lipinski definition) is 3. The van der Waals surface area contributed by atoms with Gasteiger partial charge >= 0.3 is 6.03 Å². The van der Waals surface area contributed by atoms with Gasteiger partial charge in [-0.3, -0.25) is 0 Å². The largest absolute Gasteiger partial charge is 0.457 e. The van der Waals surface area contributed by atoms with E-state index >= 15 is 0 Å².